The number of amides is 1. The van der Waals surface area contributed by atoms with Gasteiger partial charge in [-0.2, -0.15) is 0 Å². The van der Waals surface area contributed by atoms with Gasteiger partial charge in [0.15, 0.2) is 0 Å². The number of rotatable bonds is 9. The second-order valence-electron chi connectivity index (χ2n) is 8.19. The van der Waals surface area contributed by atoms with Crippen molar-refractivity contribution in [1.82, 2.24) is 10.2 Å². The molecule has 1 aliphatic heterocycles. The molecule has 1 N–H and O–H groups in total. The van der Waals surface area contributed by atoms with Gasteiger partial charge in [-0.3, -0.25) is 9.69 Å². The first kappa shape index (κ1) is 22.2. The van der Waals surface area contributed by atoms with E-state index in [1.165, 1.54) is 18.4 Å². The Balaban J connectivity index is 1.43. The van der Waals surface area contributed by atoms with Crippen molar-refractivity contribution in [3.63, 3.8) is 0 Å². The molecular weight excluding hydrogens is 380 g/mol. The Bertz CT molecular complexity index is 826. The number of nitrogens with one attached hydrogen (secondary N) is 1. The highest BCUT2D eigenvalue weighted by molar-refractivity contribution is 5.75. The molecule has 30 heavy (non-hydrogen) atoms. The average Bonchev–Trinajstić information content (AvgIpc) is 3.07. The lowest BCUT2D eigenvalue weighted by Crippen LogP contribution is -2.35. The van der Waals surface area contributed by atoms with Crippen molar-refractivity contribution in [1.29, 1.82) is 0 Å². The number of hydrogen-bond acceptors (Lipinski definition) is 5. The van der Waals surface area contributed by atoms with Crippen LogP contribution in [0.15, 0.2) is 28.7 Å². The van der Waals surface area contributed by atoms with E-state index in [1.54, 1.807) is 14.2 Å². The predicted molar refractivity (Wildman–Crippen MR) is 117 cm³/mol. The number of furan rings is 1. The highest BCUT2D eigenvalue weighted by Crippen LogP contribution is 2.25. The molecule has 1 saturated heterocycles. The number of hydrogen-bond donors (Lipinski definition) is 1. The van der Waals surface area contributed by atoms with E-state index in [0.717, 1.165) is 54.6 Å². The molecule has 3 rings (SSSR count). The van der Waals surface area contributed by atoms with Crippen LogP contribution in [0.2, 0.25) is 0 Å². The van der Waals surface area contributed by atoms with Gasteiger partial charge in [0.1, 0.15) is 23.0 Å². The Labute approximate surface area is 179 Å². The quantitative estimate of drug-likeness (QED) is 0.666. The number of piperidine rings is 1. The minimum absolute atomic E-state index is 0.0854. The first-order valence-corrected chi connectivity index (χ1v) is 10.7. The number of nitrogens with zero attached hydrogens (tertiary/aromatic N) is 1. The molecule has 1 amide bonds. The summed E-state index contributed by atoms with van der Waals surface area (Å²) in [5.74, 6) is 4.14. The van der Waals surface area contributed by atoms with Crippen LogP contribution in [-0.2, 0) is 17.9 Å². The van der Waals surface area contributed by atoms with Crippen LogP contribution in [0.4, 0.5) is 0 Å². The van der Waals surface area contributed by atoms with Gasteiger partial charge >= 0.3 is 0 Å². The lowest BCUT2D eigenvalue weighted by molar-refractivity contribution is -0.121. The molecule has 1 aliphatic rings. The summed E-state index contributed by atoms with van der Waals surface area (Å²) >= 11 is 0. The summed E-state index contributed by atoms with van der Waals surface area (Å²) in [6, 6.07) is 7.78. The fraction of sp³-hybridized carbons (Fsp3) is 0.542. The van der Waals surface area contributed by atoms with Crippen molar-refractivity contribution < 1.29 is 18.7 Å². The largest absolute Gasteiger partial charge is 0.497 e. The number of likely N-dealkylation sites (tertiary alicyclic amines) is 1. The fourth-order valence-electron chi connectivity index (χ4n) is 4.09. The highest BCUT2D eigenvalue weighted by atomic mass is 16.5. The van der Waals surface area contributed by atoms with Crippen molar-refractivity contribution in [2.75, 3.05) is 27.3 Å². The van der Waals surface area contributed by atoms with Crippen LogP contribution >= 0.6 is 0 Å². The van der Waals surface area contributed by atoms with E-state index < -0.39 is 0 Å². The van der Waals surface area contributed by atoms with E-state index in [-0.39, 0.29) is 5.91 Å². The maximum atomic E-state index is 12.4. The van der Waals surface area contributed by atoms with Gasteiger partial charge in [-0.25, -0.2) is 0 Å². The average molecular weight is 415 g/mol. The number of methoxy groups -OCH3 is 2. The van der Waals surface area contributed by atoms with Crippen LogP contribution in [0.3, 0.4) is 0 Å². The summed E-state index contributed by atoms with van der Waals surface area (Å²) in [6.07, 6.45) is 3.83. The van der Waals surface area contributed by atoms with Crippen molar-refractivity contribution in [3.05, 3.63) is 46.9 Å². The number of benzene rings is 1. The normalized spacial score (nSPS) is 17.0. The van der Waals surface area contributed by atoms with Gasteiger partial charge in [0, 0.05) is 31.1 Å². The zero-order valence-corrected chi connectivity index (χ0v) is 18.6. The highest BCUT2D eigenvalue weighted by Gasteiger charge is 2.22. The SMILES string of the molecule is COc1ccc(CNC(=O)CC[C@H]2CCCN(Cc3cc(C)c(C)o3)C2)c(OC)c1. The number of aryl methyl sites for hydroxylation is 2. The van der Waals surface area contributed by atoms with Gasteiger partial charge in [0.2, 0.25) is 5.91 Å². The molecule has 0 saturated carbocycles. The molecule has 1 aromatic carbocycles. The molecular formula is C24H34N2O4. The van der Waals surface area contributed by atoms with Crippen molar-refractivity contribution in [2.45, 2.75) is 52.6 Å². The van der Waals surface area contributed by atoms with Crippen molar-refractivity contribution in [2.24, 2.45) is 5.92 Å². The molecule has 6 heteroatoms. The van der Waals surface area contributed by atoms with Crippen LogP contribution in [-0.4, -0.2) is 38.1 Å². The Hall–Kier alpha value is -2.47. The first-order chi connectivity index (χ1) is 14.5. The molecule has 0 spiro atoms. The summed E-state index contributed by atoms with van der Waals surface area (Å²) in [5.41, 5.74) is 2.16. The first-order valence-electron chi connectivity index (χ1n) is 10.7. The monoisotopic (exact) mass is 414 g/mol. The van der Waals surface area contributed by atoms with Gasteiger partial charge in [0.25, 0.3) is 0 Å². The zero-order valence-electron chi connectivity index (χ0n) is 18.6. The maximum Gasteiger partial charge on any atom is 0.220 e. The van der Waals surface area contributed by atoms with Gasteiger partial charge in [-0.15, -0.1) is 0 Å². The molecule has 2 heterocycles. The molecule has 0 radical (unpaired) electrons. The molecule has 0 unspecified atom stereocenters. The van der Waals surface area contributed by atoms with Gasteiger partial charge in [-0.1, -0.05) is 0 Å². The van der Waals surface area contributed by atoms with Crippen LogP contribution in [0, 0.1) is 19.8 Å². The van der Waals surface area contributed by atoms with E-state index >= 15 is 0 Å². The summed E-state index contributed by atoms with van der Waals surface area (Å²) in [7, 11) is 3.25. The minimum Gasteiger partial charge on any atom is -0.497 e. The lowest BCUT2D eigenvalue weighted by atomic mass is 9.93. The molecule has 2 aromatic rings. The second kappa shape index (κ2) is 10.5. The van der Waals surface area contributed by atoms with E-state index in [9.17, 15) is 4.79 Å². The molecule has 0 aliphatic carbocycles. The van der Waals surface area contributed by atoms with Gasteiger partial charge in [-0.05, 0) is 69.3 Å². The number of carbonyl (C=O) groups excluding carboxylic acids is 1. The Morgan fingerprint density at radius 3 is 2.77 bits per heavy atom. The molecule has 1 atom stereocenters. The smallest absolute Gasteiger partial charge is 0.220 e. The van der Waals surface area contributed by atoms with E-state index in [4.69, 9.17) is 13.9 Å². The van der Waals surface area contributed by atoms with Crippen molar-refractivity contribution >= 4 is 5.91 Å². The Morgan fingerprint density at radius 2 is 2.07 bits per heavy atom. The maximum absolute atomic E-state index is 12.4. The fourth-order valence-corrected chi connectivity index (χ4v) is 4.09. The third-order valence-corrected chi connectivity index (χ3v) is 5.95. The third-order valence-electron chi connectivity index (χ3n) is 5.95. The molecule has 0 bridgehead atoms. The number of carbonyl (C=O) groups is 1. The van der Waals surface area contributed by atoms with Crippen LogP contribution in [0.25, 0.3) is 0 Å². The van der Waals surface area contributed by atoms with Gasteiger partial charge in [0.05, 0.1) is 20.8 Å². The summed E-state index contributed by atoms with van der Waals surface area (Å²) in [4.78, 5) is 14.8. The predicted octanol–water partition coefficient (Wildman–Crippen LogP) is 4.22. The molecule has 164 valence electrons. The molecule has 1 fully saturated rings. The van der Waals surface area contributed by atoms with E-state index in [0.29, 0.717) is 18.9 Å². The Morgan fingerprint density at radius 1 is 1.23 bits per heavy atom. The summed E-state index contributed by atoms with van der Waals surface area (Å²) in [6.45, 7) is 7.53. The van der Waals surface area contributed by atoms with E-state index in [2.05, 4.69) is 23.2 Å². The van der Waals surface area contributed by atoms with Gasteiger partial charge < -0.3 is 19.2 Å². The van der Waals surface area contributed by atoms with Crippen LogP contribution < -0.4 is 14.8 Å². The molecule has 1 aromatic heterocycles. The van der Waals surface area contributed by atoms with E-state index in [1.807, 2.05) is 25.1 Å². The Kier molecular flexibility index (Phi) is 7.80. The van der Waals surface area contributed by atoms with Crippen molar-refractivity contribution in [3.8, 4) is 11.5 Å². The molecule has 6 nitrogen and oxygen atoms in total. The second-order valence-corrected chi connectivity index (χ2v) is 8.19. The zero-order chi connectivity index (χ0) is 21.5. The number of ether oxygens (including phenoxy) is 2. The summed E-state index contributed by atoms with van der Waals surface area (Å²) < 4.78 is 16.5. The van der Waals surface area contributed by atoms with Crippen LogP contribution in [0.5, 0.6) is 11.5 Å². The standard InChI is InChI=1S/C24H34N2O4/c1-17-12-22(30-18(17)2)16-26-11-5-6-19(15-26)7-10-24(27)25-14-20-8-9-21(28-3)13-23(20)29-4/h8-9,12-13,19H,5-7,10-11,14-16H2,1-4H3,(H,25,27)/t19-/m1/s1. The topological polar surface area (TPSA) is 63.9 Å². The third kappa shape index (κ3) is 6.02. The minimum atomic E-state index is 0.0854. The lowest BCUT2D eigenvalue weighted by Gasteiger charge is -2.32. The van der Waals surface area contributed by atoms with Crippen LogP contribution in [0.1, 0.15) is 48.3 Å². The summed E-state index contributed by atoms with van der Waals surface area (Å²) in [5, 5.41) is 3.02.